The summed E-state index contributed by atoms with van der Waals surface area (Å²) >= 11 is 0. The number of hydrogen-bond acceptors (Lipinski definition) is 3. The molecule has 0 aromatic heterocycles. The van der Waals surface area contributed by atoms with Crippen molar-refractivity contribution in [2.24, 2.45) is 5.92 Å². The fourth-order valence-corrected chi connectivity index (χ4v) is 2.44. The molecule has 0 amide bonds. The molecule has 0 bridgehead atoms. The normalized spacial score (nSPS) is 24.2. The molecule has 1 aliphatic heterocycles. The maximum Gasteiger partial charge on any atom is 0.183 e. The van der Waals surface area contributed by atoms with Crippen LogP contribution in [0.15, 0.2) is 12.1 Å². The summed E-state index contributed by atoms with van der Waals surface area (Å²) < 4.78 is 11.6. The molecule has 0 atom stereocenters. The Morgan fingerprint density at radius 2 is 1.72 bits per heavy atom. The molecule has 1 aromatic rings. The van der Waals surface area contributed by atoms with E-state index in [1.54, 1.807) is 0 Å². The van der Waals surface area contributed by atoms with Gasteiger partial charge in [-0.25, -0.2) is 0 Å². The molecule has 2 rings (SSSR count). The largest absolute Gasteiger partial charge is 0.507 e. The Kier molecular flexibility index (Phi) is 4.25. The van der Waals surface area contributed by atoms with Crippen molar-refractivity contribution < 1.29 is 14.6 Å². The van der Waals surface area contributed by atoms with Crippen LogP contribution in [0.25, 0.3) is 0 Å². The third-order valence-corrected chi connectivity index (χ3v) is 3.45. The van der Waals surface area contributed by atoms with Crippen molar-refractivity contribution in [3.05, 3.63) is 28.8 Å². The summed E-state index contributed by atoms with van der Waals surface area (Å²) in [7, 11) is 0. The van der Waals surface area contributed by atoms with Crippen molar-refractivity contribution >= 4 is 0 Å². The van der Waals surface area contributed by atoms with Crippen molar-refractivity contribution in [2.75, 3.05) is 13.2 Å². The number of hydrogen-bond donors (Lipinski definition) is 1. The highest BCUT2D eigenvalue weighted by molar-refractivity contribution is 5.42. The van der Waals surface area contributed by atoms with Crippen molar-refractivity contribution in [3.8, 4) is 5.75 Å². The van der Waals surface area contributed by atoms with Crippen LogP contribution in [-0.2, 0) is 9.47 Å². The smallest absolute Gasteiger partial charge is 0.183 e. The predicted molar refractivity (Wildman–Crippen MR) is 70.6 cm³/mol. The maximum absolute atomic E-state index is 9.76. The van der Waals surface area contributed by atoms with Crippen molar-refractivity contribution in [1.82, 2.24) is 0 Å². The van der Waals surface area contributed by atoms with Gasteiger partial charge in [-0.05, 0) is 43.5 Å². The van der Waals surface area contributed by atoms with Crippen LogP contribution in [0.1, 0.15) is 42.7 Å². The van der Waals surface area contributed by atoms with Crippen LogP contribution in [0, 0.1) is 19.8 Å². The molecule has 1 saturated heterocycles. The first-order valence-corrected chi connectivity index (χ1v) is 6.65. The Labute approximate surface area is 109 Å². The minimum absolute atomic E-state index is 0.281. The van der Waals surface area contributed by atoms with E-state index in [0.717, 1.165) is 36.3 Å². The average Bonchev–Trinajstić information content (AvgIpc) is 2.37. The van der Waals surface area contributed by atoms with Crippen LogP contribution in [0.2, 0.25) is 0 Å². The first kappa shape index (κ1) is 13.4. The average molecular weight is 250 g/mol. The van der Waals surface area contributed by atoms with Gasteiger partial charge in [0.25, 0.3) is 0 Å². The van der Waals surface area contributed by atoms with Gasteiger partial charge in [0.15, 0.2) is 6.29 Å². The van der Waals surface area contributed by atoms with E-state index in [0.29, 0.717) is 11.7 Å². The molecule has 3 heteroatoms. The molecule has 1 aromatic carbocycles. The van der Waals surface area contributed by atoms with Gasteiger partial charge in [-0.15, -0.1) is 0 Å². The highest BCUT2D eigenvalue weighted by Gasteiger charge is 2.23. The fourth-order valence-electron chi connectivity index (χ4n) is 2.44. The minimum Gasteiger partial charge on any atom is -0.507 e. The first-order chi connectivity index (χ1) is 8.61. The SMILES string of the molecule is CCCC1COC(c2cc(C)c(O)c(C)c2)OC1. The van der Waals surface area contributed by atoms with Crippen LogP contribution in [-0.4, -0.2) is 18.3 Å². The molecule has 0 aliphatic carbocycles. The summed E-state index contributed by atoms with van der Waals surface area (Å²) in [5.74, 6) is 0.879. The van der Waals surface area contributed by atoms with Gasteiger partial charge in [0.05, 0.1) is 13.2 Å². The molecule has 0 saturated carbocycles. The Balaban J connectivity index is 2.05. The van der Waals surface area contributed by atoms with Crippen LogP contribution in [0.5, 0.6) is 5.75 Å². The highest BCUT2D eigenvalue weighted by atomic mass is 16.7. The lowest BCUT2D eigenvalue weighted by atomic mass is 10.0. The summed E-state index contributed by atoms with van der Waals surface area (Å²) in [6.45, 7) is 7.50. The van der Waals surface area contributed by atoms with Gasteiger partial charge < -0.3 is 14.6 Å². The first-order valence-electron chi connectivity index (χ1n) is 6.65. The minimum atomic E-state index is -0.281. The van der Waals surface area contributed by atoms with Gasteiger partial charge >= 0.3 is 0 Å². The van der Waals surface area contributed by atoms with E-state index >= 15 is 0 Å². The lowest BCUT2D eigenvalue weighted by Gasteiger charge is -2.30. The molecule has 100 valence electrons. The zero-order valence-electron chi connectivity index (χ0n) is 11.4. The molecule has 1 N–H and O–H groups in total. The molecule has 1 aliphatic rings. The monoisotopic (exact) mass is 250 g/mol. The van der Waals surface area contributed by atoms with Gasteiger partial charge in [-0.3, -0.25) is 0 Å². The molecular weight excluding hydrogens is 228 g/mol. The lowest BCUT2D eigenvalue weighted by molar-refractivity contribution is -0.206. The second-order valence-electron chi connectivity index (χ2n) is 5.16. The Bertz CT molecular complexity index is 383. The summed E-state index contributed by atoms with van der Waals surface area (Å²) in [4.78, 5) is 0. The van der Waals surface area contributed by atoms with E-state index in [2.05, 4.69) is 6.92 Å². The van der Waals surface area contributed by atoms with E-state index in [4.69, 9.17) is 9.47 Å². The third kappa shape index (κ3) is 2.85. The van der Waals surface area contributed by atoms with E-state index in [9.17, 15) is 5.11 Å². The van der Waals surface area contributed by atoms with Gasteiger partial charge in [0.1, 0.15) is 5.75 Å². The number of phenols is 1. The number of ether oxygens (including phenoxy) is 2. The Morgan fingerprint density at radius 1 is 1.17 bits per heavy atom. The van der Waals surface area contributed by atoms with E-state index in [-0.39, 0.29) is 6.29 Å². The van der Waals surface area contributed by atoms with E-state index < -0.39 is 0 Å². The summed E-state index contributed by atoms with van der Waals surface area (Å²) in [5, 5.41) is 9.76. The number of benzene rings is 1. The number of aromatic hydroxyl groups is 1. The van der Waals surface area contributed by atoms with Gasteiger partial charge in [0.2, 0.25) is 0 Å². The molecule has 1 fully saturated rings. The van der Waals surface area contributed by atoms with Crippen LogP contribution in [0.3, 0.4) is 0 Å². The topological polar surface area (TPSA) is 38.7 Å². The second-order valence-corrected chi connectivity index (χ2v) is 5.16. The molecular formula is C15H22O3. The summed E-state index contributed by atoms with van der Waals surface area (Å²) in [5.41, 5.74) is 2.73. The summed E-state index contributed by atoms with van der Waals surface area (Å²) in [6.07, 6.45) is 2.04. The van der Waals surface area contributed by atoms with Crippen molar-refractivity contribution in [3.63, 3.8) is 0 Å². The van der Waals surface area contributed by atoms with Crippen LogP contribution >= 0.6 is 0 Å². The van der Waals surface area contributed by atoms with Crippen molar-refractivity contribution in [1.29, 1.82) is 0 Å². The standard InChI is InChI=1S/C15H22O3/c1-4-5-12-8-17-15(18-9-12)13-6-10(2)14(16)11(3)7-13/h6-7,12,15-16H,4-5,8-9H2,1-3H3. The number of phenolic OH excluding ortho intramolecular Hbond substituents is 1. The van der Waals surface area contributed by atoms with Crippen molar-refractivity contribution in [2.45, 2.75) is 39.9 Å². The third-order valence-electron chi connectivity index (χ3n) is 3.45. The van der Waals surface area contributed by atoms with Gasteiger partial charge in [0, 0.05) is 11.5 Å². The molecule has 18 heavy (non-hydrogen) atoms. The number of aryl methyl sites for hydroxylation is 2. The van der Waals surface area contributed by atoms with Crippen LogP contribution in [0.4, 0.5) is 0 Å². The van der Waals surface area contributed by atoms with E-state index in [1.165, 1.54) is 6.42 Å². The van der Waals surface area contributed by atoms with E-state index in [1.807, 2.05) is 26.0 Å². The van der Waals surface area contributed by atoms with Gasteiger partial charge in [-0.2, -0.15) is 0 Å². The molecule has 0 unspecified atom stereocenters. The highest BCUT2D eigenvalue weighted by Crippen LogP contribution is 2.31. The molecule has 1 heterocycles. The Hall–Kier alpha value is -1.06. The maximum atomic E-state index is 9.76. The number of rotatable bonds is 3. The zero-order valence-corrected chi connectivity index (χ0v) is 11.4. The quantitative estimate of drug-likeness (QED) is 0.892. The predicted octanol–water partition coefficient (Wildman–Crippen LogP) is 3.47. The molecule has 3 nitrogen and oxygen atoms in total. The zero-order chi connectivity index (χ0) is 13.1. The summed E-state index contributed by atoms with van der Waals surface area (Å²) in [6, 6.07) is 3.88. The fraction of sp³-hybridized carbons (Fsp3) is 0.600. The Morgan fingerprint density at radius 3 is 2.22 bits per heavy atom. The lowest BCUT2D eigenvalue weighted by Crippen LogP contribution is -2.27. The molecule has 0 spiro atoms. The molecule has 0 radical (unpaired) electrons. The van der Waals surface area contributed by atoms with Gasteiger partial charge in [-0.1, -0.05) is 13.3 Å². The van der Waals surface area contributed by atoms with Crippen LogP contribution < -0.4 is 0 Å². The second kappa shape index (κ2) is 5.72.